The number of amides is 3. The molecule has 6 fully saturated rings. The van der Waals surface area contributed by atoms with E-state index >= 15 is 0 Å². The first-order valence-corrected chi connectivity index (χ1v) is 27.9. The standard InChI is InChI=1S/C28H34N6O5S.C23H26N6O3S.C2H6/c1-27(2,3)39-26(36)34-15-28(16-34)14-33(25(35)22-12-29-17-40-22)13-20(28)24-32-31-23(38-24)11-19-5-4-6-21(30-19)18-7-9-37-10-8-18;30-22(19-9-24-14-33-19)29-10-17(23(13-29)11-25-12-23)21-28-27-20(32-21)8-16-2-1-3-18(26-16)15-4-6-31-7-5-15;1-2/h4-6,12,17-18,20H,7-11,13-16H2,1-3H3;1-3,9,14-15,17,25H,4-8,10-13H2;1-2H3. The summed E-state index contributed by atoms with van der Waals surface area (Å²) in [5.41, 5.74) is 6.32. The first-order chi connectivity index (χ1) is 36.4. The molecule has 12 rings (SSSR count). The molecule has 3 amide bonds. The summed E-state index contributed by atoms with van der Waals surface area (Å²) in [5, 5.41) is 20.9. The number of aromatic nitrogens is 8. The molecule has 2 spiro atoms. The van der Waals surface area contributed by atoms with Gasteiger partial charge in [-0.05, 0) is 70.7 Å². The Morgan fingerprint density at radius 3 is 1.53 bits per heavy atom. The van der Waals surface area contributed by atoms with Crippen LogP contribution in [0.5, 0.6) is 0 Å². The lowest BCUT2D eigenvalue weighted by molar-refractivity contribution is -0.0374. The Balaban J connectivity index is 0.000000168. The zero-order valence-corrected chi connectivity index (χ0v) is 44.9. The van der Waals surface area contributed by atoms with Crippen molar-refractivity contribution >= 4 is 40.6 Å². The second kappa shape index (κ2) is 22.6. The van der Waals surface area contributed by atoms with Crippen LogP contribution >= 0.6 is 22.7 Å². The van der Waals surface area contributed by atoms with Gasteiger partial charge in [0.2, 0.25) is 23.6 Å². The van der Waals surface area contributed by atoms with E-state index in [2.05, 4.69) is 53.9 Å². The third-order valence-electron chi connectivity index (χ3n) is 14.9. The van der Waals surface area contributed by atoms with Gasteiger partial charge in [-0.3, -0.25) is 29.5 Å². The molecule has 0 bridgehead atoms. The zero-order valence-electron chi connectivity index (χ0n) is 43.3. The second-order valence-electron chi connectivity index (χ2n) is 21.2. The van der Waals surface area contributed by atoms with Crippen molar-refractivity contribution in [2.24, 2.45) is 10.8 Å². The Morgan fingerprint density at radius 1 is 0.653 bits per heavy atom. The molecule has 6 aromatic rings. The maximum atomic E-state index is 13.2. The number of nitrogens with one attached hydrogen (secondary N) is 1. The fourth-order valence-electron chi connectivity index (χ4n) is 11.1. The zero-order chi connectivity index (χ0) is 52.2. The average molecular weight is 1060 g/mol. The number of ether oxygens (including phenoxy) is 3. The van der Waals surface area contributed by atoms with Crippen LogP contribution in [0.1, 0.15) is 150 Å². The molecule has 1 N–H and O–H groups in total. The molecular formula is C53H66N12O8S2. The van der Waals surface area contributed by atoms with Crippen molar-refractivity contribution in [2.75, 3.05) is 78.8 Å². The van der Waals surface area contributed by atoms with Crippen molar-refractivity contribution in [1.82, 2.24) is 60.3 Å². The highest BCUT2D eigenvalue weighted by Gasteiger charge is 2.59. The monoisotopic (exact) mass is 1060 g/mol. The molecule has 0 aromatic carbocycles. The fourth-order valence-corrected chi connectivity index (χ4v) is 12.3. The molecule has 6 aliphatic heterocycles. The van der Waals surface area contributed by atoms with Gasteiger partial charge in [0.15, 0.2) is 0 Å². The van der Waals surface area contributed by atoms with Gasteiger partial charge in [-0.15, -0.1) is 43.1 Å². The summed E-state index contributed by atoms with van der Waals surface area (Å²) in [6, 6.07) is 12.2. The Kier molecular flexibility index (Phi) is 15.8. The molecule has 75 heavy (non-hydrogen) atoms. The third kappa shape index (κ3) is 11.7. The minimum Gasteiger partial charge on any atom is -0.444 e. The minimum absolute atomic E-state index is 0.0263. The van der Waals surface area contributed by atoms with Crippen LogP contribution in [0, 0.1) is 10.8 Å². The summed E-state index contributed by atoms with van der Waals surface area (Å²) in [4.78, 5) is 63.4. The van der Waals surface area contributed by atoms with Crippen LogP contribution in [0.4, 0.5) is 4.79 Å². The van der Waals surface area contributed by atoms with Crippen molar-refractivity contribution < 1.29 is 37.4 Å². The van der Waals surface area contributed by atoms with Crippen molar-refractivity contribution in [1.29, 1.82) is 0 Å². The van der Waals surface area contributed by atoms with Crippen LogP contribution in [0.2, 0.25) is 0 Å². The maximum absolute atomic E-state index is 13.2. The number of hydrogen-bond acceptors (Lipinski definition) is 19. The minimum atomic E-state index is -0.583. The number of rotatable bonds is 10. The Morgan fingerprint density at radius 2 is 1.11 bits per heavy atom. The highest BCUT2D eigenvalue weighted by atomic mass is 32.1. The Labute approximate surface area is 444 Å². The van der Waals surface area contributed by atoms with E-state index in [0.717, 1.165) is 88.0 Å². The van der Waals surface area contributed by atoms with E-state index in [1.807, 2.05) is 62.6 Å². The van der Waals surface area contributed by atoms with Gasteiger partial charge in [-0.2, -0.15) is 0 Å². The fraction of sp³-hybridized carbons (Fsp3) is 0.566. The first kappa shape index (κ1) is 52.4. The van der Waals surface area contributed by atoms with Gasteiger partial charge >= 0.3 is 6.09 Å². The largest absolute Gasteiger partial charge is 0.444 e. The summed E-state index contributed by atoms with van der Waals surface area (Å²) in [6.45, 7) is 17.4. The summed E-state index contributed by atoms with van der Waals surface area (Å²) in [6.07, 6.45) is 7.77. The first-order valence-electron chi connectivity index (χ1n) is 26.2. The van der Waals surface area contributed by atoms with Gasteiger partial charge in [0.25, 0.3) is 11.8 Å². The maximum Gasteiger partial charge on any atom is 0.410 e. The highest BCUT2D eigenvalue weighted by Crippen LogP contribution is 2.50. The molecule has 0 radical (unpaired) electrons. The van der Waals surface area contributed by atoms with Gasteiger partial charge in [0, 0.05) is 124 Å². The van der Waals surface area contributed by atoms with Crippen LogP contribution in [0.15, 0.2) is 68.6 Å². The van der Waals surface area contributed by atoms with Crippen molar-refractivity contribution in [2.45, 2.75) is 102 Å². The van der Waals surface area contributed by atoms with E-state index in [0.29, 0.717) is 97.3 Å². The molecule has 22 heteroatoms. The molecule has 20 nitrogen and oxygen atoms in total. The predicted octanol–water partition coefficient (Wildman–Crippen LogP) is 7.14. The number of thiazole rings is 2. The van der Waals surface area contributed by atoms with E-state index in [-0.39, 0.29) is 40.6 Å². The highest BCUT2D eigenvalue weighted by molar-refractivity contribution is 7.12. The number of carbonyl (C=O) groups excluding carboxylic acids is 3. The summed E-state index contributed by atoms with van der Waals surface area (Å²) in [5.74, 6) is 2.78. The lowest BCUT2D eigenvalue weighted by atomic mass is 9.71. The van der Waals surface area contributed by atoms with E-state index in [9.17, 15) is 14.4 Å². The molecule has 6 saturated heterocycles. The molecule has 6 aliphatic rings. The lowest BCUT2D eigenvalue weighted by Crippen LogP contribution is -2.62. The Bertz CT molecular complexity index is 2870. The number of carbonyl (C=O) groups is 3. The van der Waals surface area contributed by atoms with E-state index < -0.39 is 5.60 Å². The van der Waals surface area contributed by atoms with Gasteiger partial charge < -0.3 is 43.1 Å². The van der Waals surface area contributed by atoms with Gasteiger partial charge in [0.1, 0.15) is 15.4 Å². The number of pyridine rings is 2. The summed E-state index contributed by atoms with van der Waals surface area (Å²) < 4.78 is 28.9. The normalized spacial score (nSPS) is 21.2. The topological polar surface area (TPSA) is 230 Å². The summed E-state index contributed by atoms with van der Waals surface area (Å²) >= 11 is 2.69. The van der Waals surface area contributed by atoms with Gasteiger partial charge in [0.05, 0.1) is 48.1 Å². The van der Waals surface area contributed by atoms with Crippen LogP contribution < -0.4 is 5.32 Å². The third-order valence-corrected chi connectivity index (χ3v) is 16.5. The molecule has 398 valence electrons. The smallest absolute Gasteiger partial charge is 0.410 e. The van der Waals surface area contributed by atoms with Gasteiger partial charge in [-0.25, -0.2) is 4.79 Å². The second-order valence-corrected chi connectivity index (χ2v) is 22.9. The van der Waals surface area contributed by atoms with E-state index in [1.165, 1.54) is 22.7 Å². The van der Waals surface area contributed by atoms with Crippen molar-refractivity contribution in [3.63, 3.8) is 0 Å². The molecule has 2 atom stereocenters. The summed E-state index contributed by atoms with van der Waals surface area (Å²) in [7, 11) is 0. The molecule has 6 aromatic heterocycles. The number of nitrogens with zero attached hydrogens (tertiary/aromatic N) is 11. The van der Waals surface area contributed by atoms with Gasteiger partial charge in [-0.1, -0.05) is 26.0 Å². The van der Waals surface area contributed by atoms with E-state index in [4.69, 9.17) is 33.0 Å². The molecule has 12 heterocycles. The molecule has 0 saturated carbocycles. The van der Waals surface area contributed by atoms with E-state index in [1.54, 1.807) is 28.3 Å². The lowest BCUT2D eigenvalue weighted by Gasteiger charge is -2.49. The van der Waals surface area contributed by atoms with Crippen LogP contribution in [0.25, 0.3) is 0 Å². The molecule has 2 unspecified atom stereocenters. The quantitative estimate of drug-likeness (QED) is 0.144. The van der Waals surface area contributed by atoms with Crippen molar-refractivity contribution in [3.8, 4) is 0 Å². The molecular weight excluding hydrogens is 997 g/mol. The Hall–Kier alpha value is -6.07. The molecule has 0 aliphatic carbocycles. The van der Waals surface area contributed by atoms with Crippen molar-refractivity contribution in [3.05, 3.63) is 116 Å². The SMILES string of the molecule is CC.CC(C)(C)OC(=O)N1CC2(C1)CN(C(=O)c1cncs1)CC2c1nnc(Cc2cccc(C3CCOCC3)n2)o1.O=C(c1cncs1)N1CC(c2nnc(Cc3cccc(C4CCOCC4)n3)o2)C2(CNC2)C1. The average Bonchev–Trinajstić information content (AvgIpc) is 4.28. The van der Waals surface area contributed by atoms with Crippen LogP contribution in [-0.2, 0) is 27.1 Å². The number of likely N-dealkylation sites (tertiary alicyclic amines) is 3. The van der Waals surface area contributed by atoms with Crippen LogP contribution in [-0.4, -0.2) is 157 Å². The number of hydrogen-bond donors (Lipinski definition) is 1. The van der Waals surface area contributed by atoms with Crippen LogP contribution in [0.3, 0.4) is 0 Å². The predicted molar refractivity (Wildman–Crippen MR) is 277 cm³/mol.